The lowest BCUT2D eigenvalue weighted by atomic mass is 9.97. The third-order valence-corrected chi connectivity index (χ3v) is 4.22. The Balaban J connectivity index is 2.07. The molecule has 1 heterocycles. The van der Waals surface area contributed by atoms with Gasteiger partial charge in [-0.15, -0.1) is 0 Å². The van der Waals surface area contributed by atoms with E-state index in [4.69, 9.17) is 5.73 Å². The number of rotatable bonds is 5. The van der Waals surface area contributed by atoms with Gasteiger partial charge in [0.2, 0.25) is 0 Å². The minimum atomic E-state index is 0.162. The fraction of sp³-hybridized carbons (Fsp3) is 0.647. The van der Waals surface area contributed by atoms with Gasteiger partial charge < -0.3 is 10.6 Å². The van der Waals surface area contributed by atoms with Crippen molar-refractivity contribution >= 4 is 0 Å². The topological polar surface area (TPSA) is 32.5 Å². The van der Waals surface area contributed by atoms with Gasteiger partial charge in [-0.2, -0.15) is 0 Å². The molecular weight excluding hydrogens is 246 g/mol. The van der Waals surface area contributed by atoms with Crippen molar-refractivity contribution in [1.29, 1.82) is 0 Å². The Kier molecular flexibility index (Phi) is 5.58. The van der Waals surface area contributed by atoms with E-state index < -0.39 is 0 Å². The minimum Gasteiger partial charge on any atom is -0.326 e. The number of aryl methyl sites for hydroxylation is 1. The fourth-order valence-electron chi connectivity index (χ4n) is 3.28. The maximum absolute atomic E-state index is 6.29. The highest BCUT2D eigenvalue weighted by Crippen LogP contribution is 2.25. The summed E-state index contributed by atoms with van der Waals surface area (Å²) in [4.78, 5) is 5.12. The van der Waals surface area contributed by atoms with Gasteiger partial charge in [-0.3, -0.25) is 4.90 Å². The van der Waals surface area contributed by atoms with E-state index in [0.29, 0.717) is 6.04 Å². The maximum atomic E-state index is 6.29. The van der Waals surface area contributed by atoms with Gasteiger partial charge >= 0.3 is 0 Å². The number of hydrogen-bond acceptors (Lipinski definition) is 3. The largest absolute Gasteiger partial charge is 0.326 e. The maximum Gasteiger partial charge on any atom is 0.0497 e. The van der Waals surface area contributed by atoms with Crippen molar-refractivity contribution in [3.63, 3.8) is 0 Å². The van der Waals surface area contributed by atoms with E-state index in [-0.39, 0.29) is 6.04 Å². The second-order valence-corrected chi connectivity index (χ2v) is 6.10. The molecule has 0 saturated carbocycles. The zero-order valence-electron chi connectivity index (χ0n) is 13.2. The van der Waals surface area contributed by atoms with Crippen LogP contribution in [0.1, 0.15) is 37.4 Å². The molecule has 0 bridgehead atoms. The van der Waals surface area contributed by atoms with Gasteiger partial charge in [-0.25, -0.2) is 0 Å². The average molecular weight is 275 g/mol. The van der Waals surface area contributed by atoms with Gasteiger partial charge in [0.25, 0.3) is 0 Å². The summed E-state index contributed by atoms with van der Waals surface area (Å²) in [6, 6.07) is 9.31. The lowest BCUT2D eigenvalue weighted by Crippen LogP contribution is -2.50. The molecule has 20 heavy (non-hydrogen) atoms. The molecule has 0 aromatic heterocycles. The lowest BCUT2D eigenvalue weighted by Gasteiger charge is -2.41. The van der Waals surface area contributed by atoms with E-state index in [1.54, 1.807) is 0 Å². The second kappa shape index (κ2) is 7.21. The first-order valence-electron chi connectivity index (χ1n) is 7.90. The van der Waals surface area contributed by atoms with Crippen LogP contribution in [0.5, 0.6) is 0 Å². The first-order chi connectivity index (χ1) is 9.61. The van der Waals surface area contributed by atoms with Crippen LogP contribution < -0.4 is 5.73 Å². The summed E-state index contributed by atoms with van der Waals surface area (Å²) in [7, 11) is 0. The highest BCUT2D eigenvalue weighted by molar-refractivity contribution is 5.26. The third kappa shape index (κ3) is 3.81. The minimum absolute atomic E-state index is 0.162. The zero-order chi connectivity index (χ0) is 14.5. The number of nitrogens with two attached hydrogens (primary N) is 1. The quantitative estimate of drug-likeness (QED) is 0.895. The number of nitrogens with zero attached hydrogens (tertiary/aromatic N) is 2. The number of hydrogen-bond donors (Lipinski definition) is 1. The van der Waals surface area contributed by atoms with E-state index >= 15 is 0 Å². The molecular formula is C17H29N3. The van der Waals surface area contributed by atoms with Crippen molar-refractivity contribution in [3.8, 4) is 0 Å². The van der Waals surface area contributed by atoms with Crippen molar-refractivity contribution in [3.05, 3.63) is 35.4 Å². The molecule has 1 aromatic carbocycles. The van der Waals surface area contributed by atoms with Crippen LogP contribution in [0.2, 0.25) is 0 Å². The van der Waals surface area contributed by atoms with E-state index in [1.165, 1.54) is 37.2 Å². The Hall–Kier alpha value is -0.900. The summed E-state index contributed by atoms with van der Waals surface area (Å²) in [6.07, 6.45) is 1.24. The molecule has 0 radical (unpaired) electrons. The molecule has 1 aromatic rings. The van der Waals surface area contributed by atoms with Crippen LogP contribution in [0.15, 0.2) is 24.3 Å². The van der Waals surface area contributed by atoms with E-state index in [1.807, 2.05) is 0 Å². The standard InChI is InChI=1S/C17H29N3/c1-4-8-19-9-11-20(12-10-19)17(15(3)18)16-7-5-6-14(2)13-16/h5-7,13,15,17H,4,8-12,18H2,1-3H3. The highest BCUT2D eigenvalue weighted by atomic mass is 15.3. The van der Waals surface area contributed by atoms with Crippen LogP contribution in [0, 0.1) is 6.92 Å². The highest BCUT2D eigenvalue weighted by Gasteiger charge is 2.27. The van der Waals surface area contributed by atoms with Crippen LogP contribution in [0.25, 0.3) is 0 Å². The summed E-state index contributed by atoms with van der Waals surface area (Å²) >= 11 is 0. The molecule has 0 aliphatic carbocycles. The SMILES string of the molecule is CCCN1CCN(C(c2cccc(C)c2)C(C)N)CC1. The Morgan fingerprint density at radius 3 is 2.45 bits per heavy atom. The first kappa shape index (κ1) is 15.5. The Morgan fingerprint density at radius 2 is 1.90 bits per heavy atom. The molecule has 3 heteroatoms. The summed E-state index contributed by atoms with van der Waals surface area (Å²) in [6.45, 7) is 12.4. The molecule has 2 N–H and O–H groups in total. The molecule has 1 aliphatic heterocycles. The number of benzene rings is 1. The molecule has 1 saturated heterocycles. The summed E-state index contributed by atoms with van der Waals surface area (Å²) in [5, 5.41) is 0. The van der Waals surface area contributed by atoms with Gasteiger partial charge in [-0.1, -0.05) is 36.8 Å². The average Bonchev–Trinajstić information content (AvgIpc) is 2.41. The van der Waals surface area contributed by atoms with Crippen molar-refractivity contribution in [2.45, 2.75) is 39.3 Å². The van der Waals surface area contributed by atoms with Crippen LogP contribution in [0.3, 0.4) is 0 Å². The normalized spacial score (nSPS) is 20.8. The summed E-state index contributed by atoms with van der Waals surface area (Å²) < 4.78 is 0. The van der Waals surface area contributed by atoms with Crippen LogP contribution in [-0.4, -0.2) is 48.6 Å². The predicted molar refractivity (Wildman–Crippen MR) is 85.9 cm³/mol. The van der Waals surface area contributed by atoms with Crippen molar-refractivity contribution in [2.75, 3.05) is 32.7 Å². The smallest absolute Gasteiger partial charge is 0.0497 e. The first-order valence-corrected chi connectivity index (χ1v) is 7.90. The Bertz CT molecular complexity index is 408. The van der Waals surface area contributed by atoms with Gasteiger partial charge in [0.1, 0.15) is 0 Å². The fourth-order valence-corrected chi connectivity index (χ4v) is 3.28. The van der Waals surface area contributed by atoms with Crippen LogP contribution in [0.4, 0.5) is 0 Å². The monoisotopic (exact) mass is 275 g/mol. The van der Waals surface area contributed by atoms with Crippen molar-refractivity contribution < 1.29 is 0 Å². The summed E-state index contributed by atoms with van der Waals surface area (Å²) in [5.41, 5.74) is 8.97. The van der Waals surface area contributed by atoms with Crippen molar-refractivity contribution in [2.24, 2.45) is 5.73 Å². The lowest BCUT2D eigenvalue weighted by molar-refractivity contribution is 0.0868. The molecule has 3 nitrogen and oxygen atoms in total. The molecule has 112 valence electrons. The third-order valence-electron chi connectivity index (χ3n) is 4.22. The van der Waals surface area contributed by atoms with Gasteiger partial charge in [0.05, 0.1) is 0 Å². The number of piperazine rings is 1. The molecule has 0 amide bonds. The molecule has 1 aliphatic rings. The predicted octanol–water partition coefficient (Wildman–Crippen LogP) is 2.41. The van der Waals surface area contributed by atoms with Crippen LogP contribution in [-0.2, 0) is 0 Å². The van der Waals surface area contributed by atoms with Crippen LogP contribution >= 0.6 is 0 Å². The molecule has 2 atom stereocenters. The Labute approximate surface area is 123 Å². The molecule has 2 rings (SSSR count). The Morgan fingerprint density at radius 1 is 1.20 bits per heavy atom. The molecule has 0 spiro atoms. The molecule has 2 unspecified atom stereocenters. The molecule has 1 fully saturated rings. The second-order valence-electron chi connectivity index (χ2n) is 6.10. The van der Waals surface area contributed by atoms with Gasteiger partial charge in [-0.05, 0) is 32.4 Å². The van der Waals surface area contributed by atoms with Crippen molar-refractivity contribution in [1.82, 2.24) is 9.80 Å². The van der Waals surface area contributed by atoms with E-state index in [0.717, 1.165) is 13.1 Å². The van der Waals surface area contributed by atoms with E-state index in [2.05, 4.69) is 54.8 Å². The van der Waals surface area contributed by atoms with E-state index in [9.17, 15) is 0 Å². The van der Waals surface area contributed by atoms with Gasteiger partial charge in [0, 0.05) is 38.3 Å². The summed E-state index contributed by atoms with van der Waals surface area (Å²) in [5.74, 6) is 0. The van der Waals surface area contributed by atoms with Gasteiger partial charge in [0.15, 0.2) is 0 Å². The zero-order valence-corrected chi connectivity index (χ0v) is 13.2.